The second-order valence-electron chi connectivity index (χ2n) is 8.89. The standard InChI is InChI=1S/C29H34ClN3O7S/c1-6-23(29(35)31-2)32(18-20-10-8-7-9-11-20)28(34)19-33(24-16-21(30)12-14-25(24)38-3)41(36,37)22-13-15-26(39-4)27(17-22)40-5/h7-17,23H,6,18-19H2,1-5H3,(H,31,35)/t23-/m1/s1. The van der Waals surface area contributed by atoms with Gasteiger partial charge in [0, 0.05) is 24.7 Å². The second-order valence-corrected chi connectivity index (χ2v) is 11.2. The van der Waals surface area contributed by atoms with Gasteiger partial charge in [0.05, 0.1) is 31.9 Å². The number of hydrogen-bond donors (Lipinski definition) is 1. The molecule has 3 rings (SSSR count). The van der Waals surface area contributed by atoms with E-state index in [0.29, 0.717) is 12.2 Å². The topological polar surface area (TPSA) is 114 Å². The zero-order chi connectivity index (χ0) is 30.2. The molecule has 2 amide bonds. The fourth-order valence-corrected chi connectivity index (χ4v) is 5.94. The average Bonchev–Trinajstić information content (AvgIpc) is 2.99. The number of sulfonamides is 1. The van der Waals surface area contributed by atoms with Crippen LogP contribution in [-0.2, 0) is 26.2 Å². The highest BCUT2D eigenvalue weighted by Gasteiger charge is 2.35. The number of nitrogens with one attached hydrogen (secondary N) is 1. The lowest BCUT2D eigenvalue weighted by atomic mass is 10.1. The Hall–Kier alpha value is -3.96. The van der Waals surface area contributed by atoms with Gasteiger partial charge in [-0.25, -0.2) is 8.42 Å². The lowest BCUT2D eigenvalue weighted by Crippen LogP contribution is -2.51. The van der Waals surface area contributed by atoms with Gasteiger partial charge in [-0.15, -0.1) is 0 Å². The molecule has 0 aliphatic heterocycles. The van der Waals surface area contributed by atoms with E-state index in [0.717, 1.165) is 9.87 Å². The first-order valence-electron chi connectivity index (χ1n) is 12.7. The van der Waals surface area contributed by atoms with Crippen molar-refractivity contribution >= 4 is 39.1 Å². The number of carbonyl (C=O) groups is 2. The van der Waals surface area contributed by atoms with Gasteiger partial charge >= 0.3 is 0 Å². The molecular formula is C29H34ClN3O7S. The number of anilines is 1. The number of likely N-dealkylation sites (N-methyl/N-ethyl adjacent to an activating group) is 1. The van der Waals surface area contributed by atoms with Crippen molar-refractivity contribution in [1.29, 1.82) is 0 Å². The molecular weight excluding hydrogens is 570 g/mol. The summed E-state index contributed by atoms with van der Waals surface area (Å²) >= 11 is 6.28. The summed E-state index contributed by atoms with van der Waals surface area (Å²) in [6.45, 7) is 1.22. The van der Waals surface area contributed by atoms with Gasteiger partial charge in [0.15, 0.2) is 11.5 Å². The van der Waals surface area contributed by atoms with Crippen LogP contribution in [0.1, 0.15) is 18.9 Å². The van der Waals surface area contributed by atoms with Crippen LogP contribution in [0.5, 0.6) is 17.2 Å². The maximum Gasteiger partial charge on any atom is 0.265 e. The molecule has 0 saturated heterocycles. The van der Waals surface area contributed by atoms with Crippen LogP contribution in [0.15, 0.2) is 71.6 Å². The zero-order valence-corrected chi connectivity index (χ0v) is 25.2. The van der Waals surface area contributed by atoms with Crippen LogP contribution in [-0.4, -0.2) is 66.1 Å². The summed E-state index contributed by atoms with van der Waals surface area (Å²) in [7, 11) is 1.29. The molecule has 0 aliphatic carbocycles. The Morgan fingerprint density at radius 1 is 0.902 bits per heavy atom. The van der Waals surface area contributed by atoms with Crippen LogP contribution in [0.4, 0.5) is 5.69 Å². The first kappa shape index (κ1) is 31.6. The van der Waals surface area contributed by atoms with E-state index < -0.39 is 28.5 Å². The van der Waals surface area contributed by atoms with Crippen molar-refractivity contribution in [3.8, 4) is 17.2 Å². The summed E-state index contributed by atoms with van der Waals surface area (Å²) in [4.78, 5) is 28.1. The lowest BCUT2D eigenvalue weighted by molar-refractivity contribution is -0.140. The Labute approximate surface area is 245 Å². The van der Waals surface area contributed by atoms with Crippen molar-refractivity contribution in [3.63, 3.8) is 0 Å². The van der Waals surface area contributed by atoms with E-state index in [1.165, 1.54) is 63.6 Å². The molecule has 41 heavy (non-hydrogen) atoms. The number of methoxy groups -OCH3 is 3. The van der Waals surface area contributed by atoms with Crippen molar-refractivity contribution in [2.24, 2.45) is 0 Å². The molecule has 0 bridgehead atoms. The number of rotatable bonds is 13. The minimum absolute atomic E-state index is 0.0517. The minimum atomic E-state index is -4.41. The Morgan fingerprint density at radius 2 is 1.54 bits per heavy atom. The van der Waals surface area contributed by atoms with Crippen molar-refractivity contribution in [1.82, 2.24) is 10.2 Å². The molecule has 0 fully saturated rings. The molecule has 0 radical (unpaired) electrons. The predicted octanol–water partition coefficient (Wildman–Crippen LogP) is 4.11. The number of amides is 2. The van der Waals surface area contributed by atoms with E-state index in [1.54, 1.807) is 13.0 Å². The van der Waals surface area contributed by atoms with Gasteiger partial charge in [-0.05, 0) is 42.3 Å². The summed E-state index contributed by atoms with van der Waals surface area (Å²) in [5.41, 5.74) is 0.827. The maximum absolute atomic E-state index is 14.2. The third-order valence-electron chi connectivity index (χ3n) is 6.46. The van der Waals surface area contributed by atoms with Crippen molar-refractivity contribution in [2.45, 2.75) is 30.8 Å². The number of nitrogens with zero attached hydrogens (tertiary/aromatic N) is 2. The number of halogens is 1. The fraction of sp³-hybridized carbons (Fsp3) is 0.310. The quantitative estimate of drug-likeness (QED) is 0.313. The molecule has 0 heterocycles. The normalized spacial score (nSPS) is 11.8. The van der Waals surface area contributed by atoms with Gasteiger partial charge in [-0.3, -0.25) is 13.9 Å². The third-order valence-corrected chi connectivity index (χ3v) is 8.45. The smallest absolute Gasteiger partial charge is 0.265 e. The maximum atomic E-state index is 14.2. The van der Waals surface area contributed by atoms with Crippen LogP contribution in [0.2, 0.25) is 5.02 Å². The lowest BCUT2D eigenvalue weighted by Gasteiger charge is -2.33. The highest BCUT2D eigenvalue weighted by Crippen LogP contribution is 2.37. The molecule has 0 aromatic heterocycles. The molecule has 0 spiro atoms. The van der Waals surface area contributed by atoms with Crippen molar-refractivity contribution in [3.05, 3.63) is 77.3 Å². The van der Waals surface area contributed by atoms with E-state index >= 15 is 0 Å². The highest BCUT2D eigenvalue weighted by molar-refractivity contribution is 7.92. The van der Waals surface area contributed by atoms with E-state index in [9.17, 15) is 18.0 Å². The summed E-state index contributed by atoms with van der Waals surface area (Å²) in [6, 6.07) is 16.9. The van der Waals surface area contributed by atoms with Gasteiger partial charge in [0.1, 0.15) is 18.3 Å². The average molecular weight is 604 g/mol. The molecule has 0 unspecified atom stereocenters. The fourth-order valence-electron chi connectivity index (χ4n) is 4.34. The number of carbonyl (C=O) groups excluding carboxylic acids is 2. The molecule has 1 N–H and O–H groups in total. The minimum Gasteiger partial charge on any atom is -0.495 e. The van der Waals surface area contributed by atoms with Crippen LogP contribution in [0.25, 0.3) is 0 Å². The Morgan fingerprint density at radius 3 is 2.12 bits per heavy atom. The van der Waals surface area contributed by atoms with Crippen molar-refractivity contribution in [2.75, 3.05) is 39.2 Å². The Kier molecular flexibility index (Phi) is 10.8. The molecule has 0 saturated carbocycles. The summed E-state index contributed by atoms with van der Waals surface area (Å²) < 4.78 is 45.4. The molecule has 10 nitrogen and oxygen atoms in total. The Balaban J connectivity index is 2.17. The number of ether oxygens (including phenoxy) is 3. The summed E-state index contributed by atoms with van der Waals surface area (Å²) in [5.74, 6) is -0.268. The number of hydrogen-bond acceptors (Lipinski definition) is 7. The van der Waals surface area contributed by atoms with Crippen LogP contribution in [0.3, 0.4) is 0 Å². The molecule has 220 valence electrons. The summed E-state index contributed by atoms with van der Waals surface area (Å²) in [6.07, 6.45) is 0.307. The SMILES string of the molecule is CC[C@H](C(=O)NC)N(Cc1ccccc1)C(=O)CN(c1cc(Cl)ccc1OC)S(=O)(=O)c1ccc(OC)c(OC)c1. The molecule has 3 aromatic carbocycles. The first-order chi connectivity index (χ1) is 19.6. The zero-order valence-electron chi connectivity index (χ0n) is 23.6. The monoisotopic (exact) mass is 603 g/mol. The van der Waals surface area contributed by atoms with E-state index in [2.05, 4.69) is 5.32 Å². The highest BCUT2D eigenvalue weighted by atomic mass is 35.5. The summed E-state index contributed by atoms with van der Waals surface area (Å²) in [5, 5.41) is 2.83. The Bertz CT molecular complexity index is 1470. The van der Waals surface area contributed by atoms with E-state index in [4.69, 9.17) is 25.8 Å². The molecule has 12 heteroatoms. The third kappa shape index (κ3) is 7.22. The van der Waals surface area contributed by atoms with Crippen LogP contribution in [0, 0.1) is 0 Å². The van der Waals surface area contributed by atoms with E-state index in [1.807, 2.05) is 30.3 Å². The second kappa shape index (κ2) is 14.1. The van der Waals surface area contributed by atoms with Crippen LogP contribution >= 0.6 is 11.6 Å². The van der Waals surface area contributed by atoms with Gasteiger partial charge in [-0.1, -0.05) is 48.9 Å². The number of benzene rings is 3. The van der Waals surface area contributed by atoms with E-state index in [-0.39, 0.29) is 39.6 Å². The predicted molar refractivity (Wildman–Crippen MR) is 157 cm³/mol. The first-order valence-corrected chi connectivity index (χ1v) is 14.6. The van der Waals surface area contributed by atoms with Crippen molar-refractivity contribution < 1.29 is 32.2 Å². The molecule has 1 atom stereocenters. The van der Waals surface area contributed by atoms with Gasteiger partial charge in [0.25, 0.3) is 10.0 Å². The van der Waals surface area contributed by atoms with Gasteiger partial charge < -0.3 is 24.4 Å². The van der Waals surface area contributed by atoms with Crippen LogP contribution < -0.4 is 23.8 Å². The molecule has 3 aromatic rings. The van der Waals surface area contributed by atoms with Gasteiger partial charge in [-0.2, -0.15) is 0 Å². The largest absolute Gasteiger partial charge is 0.495 e. The molecule has 0 aliphatic rings. The van der Waals surface area contributed by atoms with Gasteiger partial charge in [0.2, 0.25) is 11.8 Å².